The molecular formula is C19H24BrN3O3S. The van der Waals surface area contributed by atoms with Crippen molar-refractivity contribution in [3.63, 3.8) is 0 Å². The van der Waals surface area contributed by atoms with Crippen LogP contribution in [0.25, 0.3) is 0 Å². The van der Waals surface area contributed by atoms with E-state index in [0.717, 1.165) is 38.4 Å². The second-order valence-corrected chi connectivity index (χ2v) is 8.91. The maximum Gasteiger partial charge on any atom is 0.265 e. The van der Waals surface area contributed by atoms with Crippen molar-refractivity contribution < 1.29 is 13.2 Å². The number of hydrogen-bond donors (Lipinski definition) is 1. The maximum absolute atomic E-state index is 13.0. The van der Waals surface area contributed by atoms with E-state index in [1.807, 2.05) is 18.2 Å². The van der Waals surface area contributed by atoms with Crippen LogP contribution in [0, 0.1) is 0 Å². The standard InChI is InChI=1S/C19H24BrN3O3S/c1-3-22-10-12-23(13-11-22)17-7-5-4-6-16(17)21-27(24,25)19-14-15(20)8-9-18(19)26-2/h4-9,14,21H,3,10-13H2,1-2H3. The van der Waals surface area contributed by atoms with Crippen LogP contribution in [0.3, 0.4) is 0 Å². The Hall–Kier alpha value is -1.77. The molecule has 0 aliphatic carbocycles. The van der Waals surface area contributed by atoms with Crippen molar-refractivity contribution in [2.45, 2.75) is 11.8 Å². The Kier molecular flexibility index (Phi) is 6.29. The van der Waals surface area contributed by atoms with Crippen molar-refractivity contribution >= 4 is 37.3 Å². The van der Waals surface area contributed by atoms with Crippen molar-refractivity contribution in [1.29, 1.82) is 0 Å². The number of nitrogens with zero attached hydrogens (tertiary/aromatic N) is 2. The van der Waals surface area contributed by atoms with E-state index in [0.29, 0.717) is 15.9 Å². The number of methoxy groups -OCH3 is 1. The van der Waals surface area contributed by atoms with Gasteiger partial charge in [0.2, 0.25) is 0 Å². The van der Waals surface area contributed by atoms with Gasteiger partial charge in [0.05, 0.1) is 18.5 Å². The molecule has 1 N–H and O–H groups in total. The number of benzene rings is 2. The average Bonchev–Trinajstić information content (AvgIpc) is 2.68. The van der Waals surface area contributed by atoms with Gasteiger partial charge in [-0.2, -0.15) is 0 Å². The predicted octanol–water partition coefficient (Wildman–Crippen LogP) is 3.40. The van der Waals surface area contributed by atoms with Crippen LogP contribution in [-0.2, 0) is 10.0 Å². The molecule has 1 saturated heterocycles. The summed E-state index contributed by atoms with van der Waals surface area (Å²) in [5, 5.41) is 0. The number of hydrogen-bond acceptors (Lipinski definition) is 5. The van der Waals surface area contributed by atoms with Gasteiger partial charge in [0.15, 0.2) is 0 Å². The molecule has 0 atom stereocenters. The van der Waals surface area contributed by atoms with Crippen LogP contribution >= 0.6 is 15.9 Å². The van der Waals surface area contributed by atoms with Crippen LogP contribution in [0.4, 0.5) is 11.4 Å². The molecule has 1 aliphatic rings. The Labute approximate surface area is 169 Å². The first-order valence-electron chi connectivity index (χ1n) is 8.87. The van der Waals surface area contributed by atoms with Crippen LogP contribution in [0.5, 0.6) is 5.75 Å². The van der Waals surface area contributed by atoms with Crippen LogP contribution in [0.2, 0.25) is 0 Å². The second-order valence-electron chi connectivity index (χ2n) is 6.34. The molecule has 3 rings (SSSR count). The number of para-hydroxylation sites is 2. The fourth-order valence-corrected chi connectivity index (χ4v) is 4.98. The van der Waals surface area contributed by atoms with Crippen molar-refractivity contribution in [3.8, 4) is 5.75 Å². The highest BCUT2D eigenvalue weighted by atomic mass is 79.9. The minimum Gasteiger partial charge on any atom is -0.495 e. The summed E-state index contributed by atoms with van der Waals surface area (Å²) in [6.45, 7) is 6.86. The summed E-state index contributed by atoms with van der Waals surface area (Å²) in [7, 11) is -2.34. The summed E-state index contributed by atoms with van der Waals surface area (Å²) >= 11 is 3.33. The molecule has 6 nitrogen and oxygen atoms in total. The van der Waals surface area contributed by atoms with E-state index in [1.54, 1.807) is 24.3 Å². The number of anilines is 2. The molecule has 1 aliphatic heterocycles. The summed E-state index contributed by atoms with van der Waals surface area (Å²) in [5.74, 6) is 0.305. The lowest BCUT2D eigenvalue weighted by molar-refractivity contribution is 0.271. The molecule has 146 valence electrons. The van der Waals surface area contributed by atoms with Crippen LogP contribution < -0.4 is 14.4 Å². The summed E-state index contributed by atoms with van der Waals surface area (Å²) < 4.78 is 34.7. The quantitative estimate of drug-likeness (QED) is 0.725. The molecule has 8 heteroatoms. The number of likely N-dealkylation sites (N-methyl/N-ethyl adjacent to an activating group) is 1. The molecule has 0 unspecified atom stereocenters. The number of rotatable bonds is 6. The zero-order valence-corrected chi connectivity index (χ0v) is 17.9. The Bertz CT molecular complexity index is 897. The molecule has 2 aromatic carbocycles. The number of piperazine rings is 1. The minimum absolute atomic E-state index is 0.102. The zero-order valence-electron chi connectivity index (χ0n) is 15.5. The Morgan fingerprint density at radius 3 is 2.48 bits per heavy atom. The summed E-state index contributed by atoms with van der Waals surface area (Å²) in [6, 6.07) is 12.4. The van der Waals surface area contributed by atoms with Gasteiger partial charge in [-0.3, -0.25) is 4.72 Å². The van der Waals surface area contributed by atoms with E-state index in [-0.39, 0.29) is 4.90 Å². The highest BCUT2D eigenvalue weighted by Crippen LogP contribution is 2.32. The van der Waals surface area contributed by atoms with Crippen LogP contribution in [0.15, 0.2) is 51.8 Å². The molecule has 27 heavy (non-hydrogen) atoms. The molecule has 2 aromatic rings. The Morgan fingerprint density at radius 1 is 1.11 bits per heavy atom. The van der Waals surface area contributed by atoms with Gasteiger partial charge < -0.3 is 14.5 Å². The fourth-order valence-electron chi connectivity index (χ4n) is 3.20. The average molecular weight is 454 g/mol. The molecule has 1 fully saturated rings. The van der Waals surface area contributed by atoms with Gasteiger partial charge in [-0.25, -0.2) is 8.42 Å². The van der Waals surface area contributed by atoms with Gasteiger partial charge in [0, 0.05) is 30.7 Å². The van der Waals surface area contributed by atoms with Gasteiger partial charge in [-0.1, -0.05) is 35.0 Å². The van der Waals surface area contributed by atoms with E-state index in [4.69, 9.17) is 4.74 Å². The highest BCUT2D eigenvalue weighted by molar-refractivity contribution is 9.10. The monoisotopic (exact) mass is 453 g/mol. The minimum atomic E-state index is -3.80. The largest absolute Gasteiger partial charge is 0.495 e. The first-order chi connectivity index (χ1) is 12.9. The first-order valence-corrected chi connectivity index (χ1v) is 11.1. The lowest BCUT2D eigenvalue weighted by Gasteiger charge is -2.36. The van der Waals surface area contributed by atoms with Crippen molar-refractivity contribution in [1.82, 2.24) is 4.90 Å². The van der Waals surface area contributed by atoms with Gasteiger partial charge in [-0.15, -0.1) is 0 Å². The second kappa shape index (κ2) is 8.50. The highest BCUT2D eigenvalue weighted by Gasteiger charge is 2.23. The molecule has 0 spiro atoms. The van der Waals surface area contributed by atoms with E-state index in [1.165, 1.54) is 7.11 Å². The van der Waals surface area contributed by atoms with Crippen molar-refractivity contribution in [2.24, 2.45) is 0 Å². The normalized spacial score (nSPS) is 15.6. The van der Waals surface area contributed by atoms with Gasteiger partial charge in [0.1, 0.15) is 10.6 Å². The van der Waals surface area contributed by atoms with Crippen LogP contribution in [-0.4, -0.2) is 53.2 Å². The fraction of sp³-hybridized carbons (Fsp3) is 0.368. The van der Waals surface area contributed by atoms with Crippen LogP contribution in [0.1, 0.15) is 6.92 Å². The maximum atomic E-state index is 13.0. The zero-order chi connectivity index (χ0) is 19.4. The lowest BCUT2D eigenvalue weighted by Crippen LogP contribution is -2.46. The smallest absolute Gasteiger partial charge is 0.265 e. The Balaban J connectivity index is 1.89. The van der Waals surface area contributed by atoms with E-state index < -0.39 is 10.0 Å². The molecule has 0 saturated carbocycles. The van der Waals surface area contributed by atoms with Gasteiger partial charge in [0.25, 0.3) is 10.0 Å². The summed E-state index contributed by atoms with van der Waals surface area (Å²) in [5.41, 5.74) is 1.47. The predicted molar refractivity (Wildman–Crippen MR) is 112 cm³/mol. The summed E-state index contributed by atoms with van der Waals surface area (Å²) in [4.78, 5) is 4.71. The molecule has 0 amide bonds. The third-order valence-electron chi connectivity index (χ3n) is 4.72. The Morgan fingerprint density at radius 2 is 1.81 bits per heavy atom. The lowest BCUT2D eigenvalue weighted by atomic mass is 10.2. The van der Waals surface area contributed by atoms with Crippen molar-refractivity contribution in [2.75, 3.05) is 49.5 Å². The third kappa shape index (κ3) is 4.56. The molecule has 0 bridgehead atoms. The number of ether oxygens (including phenoxy) is 1. The van der Waals surface area contributed by atoms with Gasteiger partial charge in [-0.05, 0) is 36.9 Å². The first kappa shape index (κ1) is 20.0. The molecule has 0 radical (unpaired) electrons. The topological polar surface area (TPSA) is 61.9 Å². The molecule has 1 heterocycles. The van der Waals surface area contributed by atoms with E-state index in [2.05, 4.69) is 37.4 Å². The van der Waals surface area contributed by atoms with E-state index in [9.17, 15) is 8.42 Å². The van der Waals surface area contributed by atoms with E-state index >= 15 is 0 Å². The third-order valence-corrected chi connectivity index (χ3v) is 6.60. The van der Waals surface area contributed by atoms with Gasteiger partial charge >= 0.3 is 0 Å². The number of halogens is 1. The SMILES string of the molecule is CCN1CCN(c2ccccc2NS(=O)(=O)c2cc(Br)ccc2OC)CC1. The van der Waals surface area contributed by atoms with Crippen molar-refractivity contribution in [3.05, 3.63) is 46.9 Å². The number of nitrogens with one attached hydrogen (secondary N) is 1. The summed E-state index contributed by atoms with van der Waals surface area (Å²) in [6.07, 6.45) is 0. The molecule has 0 aromatic heterocycles. The molecular weight excluding hydrogens is 430 g/mol. The number of sulfonamides is 1.